The second-order valence-electron chi connectivity index (χ2n) is 4.09. The molecule has 0 aromatic rings. The summed E-state index contributed by atoms with van der Waals surface area (Å²) in [5, 5.41) is 9.30. The van der Waals surface area contributed by atoms with Gasteiger partial charge in [-0.25, -0.2) is 0 Å². The van der Waals surface area contributed by atoms with E-state index in [0.717, 1.165) is 39.1 Å². The lowest BCUT2D eigenvalue weighted by atomic mass is 10.2. The first-order valence-corrected chi connectivity index (χ1v) is 5.69. The molecule has 0 radical (unpaired) electrons. The van der Waals surface area contributed by atoms with Crippen LogP contribution in [-0.4, -0.2) is 50.8 Å². The number of hydrogen-bond donors (Lipinski definition) is 3. The lowest BCUT2D eigenvalue weighted by Crippen LogP contribution is -2.56. The molecule has 0 bridgehead atoms. The van der Waals surface area contributed by atoms with Gasteiger partial charge in [0.15, 0.2) is 0 Å². The highest BCUT2D eigenvalue weighted by atomic mass is 16.5. The summed E-state index contributed by atoms with van der Waals surface area (Å²) in [6.07, 6.45) is 2.41. The minimum absolute atomic E-state index is 0.0812. The van der Waals surface area contributed by atoms with Crippen LogP contribution in [0.25, 0.3) is 0 Å². The molecule has 2 unspecified atom stereocenters. The van der Waals surface area contributed by atoms with Crippen molar-refractivity contribution in [3.05, 3.63) is 0 Å². The lowest BCUT2D eigenvalue weighted by Gasteiger charge is -2.24. The zero-order chi connectivity index (χ0) is 10.5. The van der Waals surface area contributed by atoms with E-state index in [1.807, 2.05) is 0 Å². The number of hydrogen-bond acceptors (Lipinski definition) is 4. The Kier molecular flexibility index (Phi) is 3.94. The standard InChI is InChI=1S/C10H19N3O2/c14-10(9-7-11-3-4-12-9)13-6-8-2-1-5-15-8/h8-9,11-12H,1-7H2,(H,13,14). The molecule has 0 aromatic heterocycles. The first-order valence-electron chi connectivity index (χ1n) is 5.69. The summed E-state index contributed by atoms with van der Waals surface area (Å²) < 4.78 is 5.44. The number of nitrogens with one attached hydrogen (secondary N) is 3. The van der Waals surface area contributed by atoms with Crippen molar-refractivity contribution in [1.29, 1.82) is 0 Å². The van der Waals surface area contributed by atoms with E-state index < -0.39 is 0 Å². The molecule has 1 amide bonds. The Balaban J connectivity index is 1.66. The van der Waals surface area contributed by atoms with Crippen LogP contribution in [0.5, 0.6) is 0 Å². The molecule has 3 N–H and O–H groups in total. The Bertz CT molecular complexity index is 211. The zero-order valence-electron chi connectivity index (χ0n) is 8.92. The second kappa shape index (κ2) is 5.44. The fraction of sp³-hybridized carbons (Fsp3) is 0.900. The van der Waals surface area contributed by atoms with E-state index in [2.05, 4.69) is 16.0 Å². The van der Waals surface area contributed by atoms with Crippen molar-refractivity contribution in [3.8, 4) is 0 Å². The maximum Gasteiger partial charge on any atom is 0.238 e. The van der Waals surface area contributed by atoms with Gasteiger partial charge in [0.1, 0.15) is 0 Å². The molecule has 2 fully saturated rings. The molecule has 2 rings (SSSR count). The van der Waals surface area contributed by atoms with Crippen LogP contribution in [0.4, 0.5) is 0 Å². The van der Waals surface area contributed by atoms with E-state index in [-0.39, 0.29) is 18.1 Å². The minimum Gasteiger partial charge on any atom is -0.376 e. The third-order valence-electron chi connectivity index (χ3n) is 2.89. The van der Waals surface area contributed by atoms with E-state index in [4.69, 9.17) is 4.74 Å². The largest absolute Gasteiger partial charge is 0.376 e. The van der Waals surface area contributed by atoms with E-state index in [9.17, 15) is 4.79 Å². The van der Waals surface area contributed by atoms with Crippen molar-refractivity contribution >= 4 is 5.91 Å². The van der Waals surface area contributed by atoms with Gasteiger partial charge in [-0.2, -0.15) is 0 Å². The molecule has 0 aromatic carbocycles. The summed E-state index contributed by atoms with van der Waals surface area (Å²) >= 11 is 0. The SMILES string of the molecule is O=C(NCC1CCCO1)C1CNCCN1. The van der Waals surface area contributed by atoms with E-state index in [0.29, 0.717) is 6.54 Å². The summed E-state index contributed by atoms with van der Waals surface area (Å²) in [4.78, 5) is 11.7. The van der Waals surface area contributed by atoms with Crippen LogP contribution in [0.3, 0.4) is 0 Å². The highest BCUT2D eigenvalue weighted by Crippen LogP contribution is 2.10. The Morgan fingerprint density at radius 1 is 1.47 bits per heavy atom. The Morgan fingerprint density at radius 2 is 2.40 bits per heavy atom. The molecule has 5 heteroatoms. The van der Waals surface area contributed by atoms with Gasteiger partial charge in [0.2, 0.25) is 5.91 Å². The monoisotopic (exact) mass is 213 g/mol. The van der Waals surface area contributed by atoms with Crippen molar-refractivity contribution in [3.63, 3.8) is 0 Å². The maximum atomic E-state index is 11.7. The van der Waals surface area contributed by atoms with Crippen LogP contribution in [0.1, 0.15) is 12.8 Å². The van der Waals surface area contributed by atoms with Gasteiger partial charge >= 0.3 is 0 Å². The molecular weight excluding hydrogens is 194 g/mol. The summed E-state index contributed by atoms with van der Waals surface area (Å²) in [7, 11) is 0. The smallest absolute Gasteiger partial charge is 0.238 e. The third-order valence-corrected chi connectivity index (χ3v) is 2.89. The molecule has 15 heavy (non-hydrogen) atoms. The molecular formula is C10H19N3O2. The minimum atomic E-state index is -0.0832. The second-order valence-corrected chi connectivity index (χ2v) is 4.09. The van der Waals surface area contributed by atoms with Crippen LogP contribution in [0.2, 0.25) is 0 Å². The average molecular weight is 213 g/mol. The van der Waals surface area contributed by atoms with Crippen LogP contribution < -0.4 is 16.0 Å². The normalized spacial score (nSPS) is 31.5. The average Bonchev–Trinajstić information content (AvgIpc) is 2.80. The topological polar surface area (TPSA) is 62.4 Å². The van der Waals surface area contributed by atoms with Crippen LogP contribution in [-0.2, 0) is 9.53 Å². The molecule has 86 valence electrons. The third kappa shape index (κ3) is 3.15. The van der Waals surface area contributed by atoms with E-state index in [1.165, 1.54) is 0 Å². The molecule has 2 aliphatic heterocycles. The Morgan fingerprint density at radius 3 is 3.07 bits per heavy atom. The number of amides is 1. The predicted molar refractivity (Wildman–Crippen MR) is 56.6 cm³/mol. The highest BCUT2D eigenvalue weighted by molar-refractivity contribution is 5.82. The van der Waals surface area contributed by atoms with Crippen molar-refractivity contribution in [2.24, 2.45) is 0 Å². The first kappa shape index (κ1) is 10.9. The van der Waals surface area contributed by atoms with Gasteiger partial charge < -0.3 is 20.7 Å². The van der Waals surface area contributed by atoms with Gasteiger partial charge in [-0.1, -0.05) is 0 Å². The quantitative estimate of drug-likeness (QED) is 0.553. The van der Waals surface area contributed by atoms with Crippen LogP contribution in [0, 0.1) is 0 Å². The van der Waals surface area contributed by atoms with Gasteiger partial charge in [-0.3, -0.25) is 4.79 Å². The van der Waals surface area contributed by atoms with Crippen LogP contribution >= 0.6 is 0 Å². The molecule has 5 nitrogen and oxygen atoms in total. The number of carbonyl (C=O) groups is 1. The zero-order valence-corrected chi connectivity index (χ0v) is 8.92. The number of piperazine rings is 1. The lowest BCUT2D eigenvalue weighted by molar-refractivity contribution is -0.123. The van der Waals surface area contributed by atoms with Gasteiger partial charge in [0, 0.05) is 32.8 Å². The summed E-state index contributed by atoms with van der Waals surface area (Å²) in [6, 6.07) is -0.0832. The molecule has 0 saturated carbocycles. The van der Waals surface area contributed by atoms with Crippen molar-refractivity contribution in [2.75, 3.05) is 32.8 Å². The van der Waals surface area contributed by atoms with Gasteiger partial charge in [-0.05, 0) is 12.8 Å². The maximum absolute atomic E-state index is 11.7. The summed E-state index contributed by atoms with van der Waals surface area (Å²) in [6.45, 7) is 4.01. The van der Waals surface area contributed by atoms with Crippen LogP contribution in [0.15, 0.2) is 0 Å². The molecule has 0 aliphatic carbocycles. The summed E-state index contributed by atoms with van der Waals surface area (Å²) in [5.41, 5.74) is 0. The highest BCUT2D eigenvalue weighted by Gasteiger charge is 2.22. The van der Waals surface area contributed by atoms with Crippen molar-refractivity contribution in [2.45, 2.75) is 25.0 Å². The number of rotatable bonds is 3. The molecule has 2 aliphatic rings. The Hall–Kier alpha value is -0.650. The number of ether oxygens (including phenoxy) is 1. The van der Waals surface area contributed by atoms with Gasteiger partial charge in [0.25, 0.3) is 0 Å². The Labute approximate surface area is 89.9 Å². The van der Waals surface area contributed by atoms with Gasteiger partial charge in [-0.15, -0.1) is 0 Å². The molecule has 2 heterocycles. The molecule has 0 spiro atoms. The summed E-state index contributed by atoms with van der Waals surface area (Å²) in [5.74, 6) is 0.0812. The molecule has 2 saturated heterocycles. The molecule has 2 atom stereocenters. The number of carbonyl (C=O) groups excluding carboxylic acids is 1. The van der Waals surface area contributed by atoms with Crippen molar-refractivity contribution in [1.82, 2.24) is 16.0 Å². The fourth-order valence-electron chi connectivity index (χ4n) is 1.98. The van der Waals surface area contributed by atoms with Crippen molar-refractivity contribution < 1.29 is 9.53 Å². The fourth-order valence-corrected chi connectivity index (χ4v) is 1.98. The first-order chi connectivity index (χ1) is 7.36. The van der Waals surface area contributed by atoms with E-state index in [1.54, 1.807) is 0 Å². The van der Waals surface area contributed by atoms with Gasteiger partial charge in [0.05, 0.1) is 12.1 Å². The van der Waals surface area contributed by atoms with E-state index >= 15 is 0 Å². The predicted octanol–water partition coefficient (Wildman–Crippen LogP) is -1.16.